The minimum atomic E-state index is -1.90. The second kappa shape index (κ2) is 10.9. The number of amides is 1. The number of carbonyl (C=O) groups is 2. The third-order valence-electron chi connectivity index (χ3n) is 4.63. The van der Waals surface area contributed by atoms with Gasteiger partial charge in [0.25, 0.3) is 5.91 Å². The fourth-order valence-electron chi connectivity index (χ4n) is 3.03. The molecule has 0 aliphatic carbocycles. The van der Waals surface area contributed by atoms with Crippen LogP contribution in [-0.4, -0.2) is 36.4 Å². The van der Waals surface area contributed by atoms with Gasteiger partial charge < -0.3 is 14.6 Å². The standard InChI is InChI=1S/C25H24N2O5/c1-2-31-23(28)18-32-22-15-13-19(14-16-22)17-26-27-24(29)25(30,20-9-5-3-6-10-20)21-11-7-4-8-12-21/h3-17,30H,2,18H2,1H3,(H,27,29)/b26-17-. The highest BCUT2D eigenvalue weighted by Crippen LogP contribution is 2.29. The first-order chi connectivity index (χ1) is 15.5. The molecule has 0 heterocycles. The molecule has 0 fully saturated rings. The monoisotopic (exact) mass is 432 g/mol. The summed E-state index contributed by atoms with van der Waals surface area (Å²) in [5, 5.41) is 15.3. The van der Waals surface area contributed by atoms with Crippen molar-refractivity contribution in [2.45, 2.75) is 12.5 Å². The number of nitrogens with one attached hydrogen (secondary N) is 1. The van der Waals surface area contributed by atoms with Crippen molar-refractivity contribution in [3.8, 4) is 5.75 Å². The van der Waals surface area contributed by atoms with Crippen molar-refractivity contribution in [1.82, 2.24) is 5.43 Å². The number of aliphatic hydroxyl groups is 1. The molecule has 7 heteroatoms. The molecule has 2 N–H and O–H groups in total. The molecule has 0 radical (unpaired) electrons. The highest BCUT2D eigenvalue weighted by molar-refractivity contribution is 5.91. The summed E-state index contributed by atoms with van der Waals surface area (Å²) in [6, 6.07) is 24.2. The Kier molecular flexibility index (Phi) is 7.72. The molecule has 32 heavy (non-hydrogen) atoms. The van der Waals surface area contributed by atoms with Crippen molar-refractivity contribution in [2.24, 2.45) is 5.10 Å². The van der Waals surface area contributed by atoms with Gasteiger partial charge in [0.1, 0.15) is 5.75 Å². The van der Waals surface area contributed by atoms with Crippen LogP contribution in [0.1, 0.15) is 23.6 Å². The molecular weight excluding hydrogens is 408 g/mol. The zero-order chi connectivity index (χ0) is 22.8. The Morgan fingerprint density at radius 3 is 2.03 bits per heavy atom. The van der Waals surface area contributed by atoms with Crippen molar-refractivity contribution in [3.63, 3.8) is 0 Å². The Hall–Kier alpha value is -3.97. The molecule has 0 aromatic heterocycles. The maximum Gasteiger partial charge on any atom is 0.344 e. The van der Waals surface area contributed by atoms with E-state index in [-0.39, 0.29) is 6.61 Å². The lowest BCUT2D eigenvalue weighted by Crippen LogP contribution is -2.43. The van der Waals surface area contributed by atoms with Gasteiger partial charge in [-0.15, -0.1) is 0 Å². The van der Waals surface area contributed by atoms with Crippen molar-refractivity contribution < 1.29 is 24.2 Å². The van der Waals surface area contributed by atoms with E-state index in [0.29, 0.717) is 29.0 Å². The van der Waals surface area contributed by atoms with Gasteiger partial charge in [-0.1, -0.05) is 60.7 Å². The number of hydrogen-bond donors (Lipinski definition) is 2. The lowest BCUT2D eigenvalue weighted by atomic mass is 9.85. The lowest BCUT2D eigenvalue weighted by molar-refractivity contribution is -0.145. The first kappa shape index (κ1) is 22.7. The molecule has 1 amide bonds. The number of ether oxygens (including phenoxy) is 2. The first-order valence-electron chi connectivity index (χ1n) is 10.1. The average molecular weight is 432 g/mol. The molecule has 3 rings (SSSR count). The number of esters is 1. The predicted molar refractivity (Wildman–Crippen MR) is 120 cm³/mol. The lowest BCUT2D eigenvalue weighted by Gasteiger charge is -2.27. The summed E-state index contributed by atoms with van der Waals surface area (Å²) in [7, 11) is 0. The molecular formula is C25H24N2O5. The molecule has 164 valence electrons. The topological polar surface area (TPSA) is 97.2 Å². The number of carbonyl (C=O) groups excluding carboxylic acids is 2. The van der Waals surface area contributed by atoms with E-state index in [1.807, 2.05) is 12.1 Å². The van der Waals surface area contributed by atoms with Crippen LogP contribution in [-0.2, 0) is 19.9 Å². The normalized spacial score (nSPS) is 11.2. The van der Waals surface area contributed by atoms with Crippen LogP contribution in [0, 0.1) is 0 Å². The number of rotatable bonds is 9. The highest BCUT2D eigenvalue weighted by atomic mass is 16.6. The van der Waals surface area contributed by atoms with Crippen LogP contribution in [0.5, 0.6) is 5.75 Å². The SMILES string of the molecule is CCOC(=O)COc1ccc(/C=N\NC(=O)C(O)(c2ccccc2)c2ccccc2)cc1. The van der Waals surface area contributed by atoms with E-state index in [4.69, 9.17) is 9.47 Å². The third kappa shape index (κ3) is 5.59. The summed E-state index contributed by atoms with van der Waals surface area (Å²) in [6.45, 7) is 1.85. The summed E-state index contributed by atoms with van der Waals surface area (Å²) in [5.41, 5.74) is 2.08. The van der Waals surface area contributed by atoms with Gasteiger partial charge >= 0.3 is 5.97 Å². The van der Waals surface area contributed by atoms with Gasteiger partial charge in [0.15, 0.2) is 12.2 Å². The molecule has 0 atom stereocenters. The van der Waals surface area contributed by atoms with Gasteiger partial charge in [0.05, 0.1) is 12.8 Å². The number of nitrogens with zero attached hydrogens (tertiary/aromatic N) is 1. The molecule has 0 aliphatic heterocycles. The fraction of sp³-hybridized carbons (Fsp3) is 0.160. The van der Waals surface area contributed by atoms with Crippen LogP contribution >= 0.6 is 0 Å². The summed E-state index contributed by atoms with van der Waals surface area (Å²) in [6.07, 6.45) is 1.45. The fourth-order valence-corrected chi connectivity index (χ4v) is 3.03. The molecule has 0 unspecified atom stereocenters. The zero-order valence-corrected chi connectivity index (χ0v) is 17.6. The number of benzene rings is 3. The average Bonchev–Trinajstić information content (AvgIpc) is 2.84. The summed E-state index contributed by atoms with van der Waals surface area (Å²) >= 11 is 0. The minimum absolute atomic E-state index is 0.172. The molecule has 3 aromatic rings. The second-order valence-corrected chi connectivity index (χ2v) is 6.80. The van der Waals surface area contributed by atoms with Crippen LogP contribution in [0.15, 0.2) is 90.0 Å². The van der Waals surface area contributed by atoms with E-state index in [1.165, 1.54) is 6.21 Å². The molecule has 0 saturated heterocycles. The molecule has 0 spiro atoms. The van der Waals surface area contributed by atoms with E-state index >= 15 is 0 Å². The minimum Gasteiger partial charge on any atom is -0.482 e. The van der Waals surface area contributed by atoms with E-state index in [0.717, 1.165) is 0 Å². The number of hydrazone groups is 1. The molecule has 0 saturated carbocycles. The molecule has 7 nitrogen and oxygen atoms in total. The maximum absolute atomic E-state index is 13.0. The summed E-state index contributed by atoms with van der Waals surface area (Å²) in [4.78, 5) is 24.3. The van der Waals surface area contributed by atoms with Crippen LogP contribution in [0.2, 0.25) is 0 Å². The second-order valence-electron chi connectivity index (χ2n) is 6.80. The van der Waals surface area contributed by atoms with Gasteiger partial charge in [0.2, 0.25) is 0 Å². The van der Waals surface area contributed by atoms with Gasteiger partial charge in [-0.05, 0) is 47.9 Å². The van der Waals surface area contributed by atoms with Crippen molar-refractivity contribution in [1.29, 1.82) is 0 Å². The quantitative estimate of drug-likeness (QED) is 0.308. The maximum atomic E-state index is 13.0. The predicted octanol–water partition coefficient (Wildman–Crippen LogP) is 3.01. The van der Waals surface area contributed by atoms with Crippen molar-refractivity contribution in [2.75, 3.05) is 13.2 Å². The van der Waals surface area contributed by atoms with E-state index in [9.17, 15) is 14.7 Å². The Balaban J connectivity index is 1.68. The first-order valence-corrected chi connectivity index (χ1v) is 10.1. The van der Waals surface area contributed by atoms with Crippen LogP contribution < -0.4 is 10.2 Å². The third-order valence-corrected chi connectivity index (χ3v) is 4.63. The highest BCUT2D eigenvalue weighted by Gasteiger charge is 2.39. The van der Waals surface area contributed by atoms with Crippen LogP contribution in [0.25, 0.3) is 0 Å². The Bertz CT molecular complexity index is 1010. The Morgan fingerprint density at radius 1 is 0.938 bits per heavy atom. The molecule has 0 aliphatic rings. The Morgan fingerprint density at radius 2 is 1.50 bits per heavy atom. The van der Waals surface area contributed by atoms with Crippen LogP contribution in [0.4, 0.5) is 0 Å². The van der Waals surface area contributed by atoms with Gasteiger partial charge in [-0.25, -0.2) is 10.2 Å². The molecule has 3 aromatic carbocycles. The van der Waals surface area contributed by atoms with Gasteiger partial charge in [0, 0.05) is 0 Å². The molecule has 0 bridgehead atoms. The van der Waals surface area contributed by atoms with E-state index < -0.39 is 17.5 Å². The Labute approximate surface area is 186 Å². The largest absolute Gasteiger partial charge is 0.482 e. The van der Waals surface area contributed by atoms with Gasteiger partial charge in [-0.2, -0.15) is 5.10 Å². The van der Waals surface area contributed by atoms with E-state index in [1.54, 1.807) is 79.7 Å². The smallest absolute Gasteiger partial charge is 0.344 e. The van der Waals surface area contributed by atoms with Crippen LogP contribution in [0.3, 0.4) is 0 Å². The zero-order valence-electron chi connectivity index (χ0n) is 17.6. The van der Waals surface area contributed by atoms with Crippen molar-refractivity contribution >= 4 is 18.1 Å². The summed E-state index contributed by atoms with van der Waals surface area (Å²) < 4.78 is 10.1. The van der Waals surface area contributed by atoms with Gasteiger partial charge in [-0.3, -0.25) is 4.79 Å². The van der Waals surface area contributed by atoms with E-state index in [2.05, 4.69) is 10.5 Å². The number of hydrogen-bond acceptors (Lipinski definition) is 6. The summed E-state index contributed by atoms with van der Waals surface area (Å²) in [5.74, 6) is -0.618. The van der Waals surface area contributed by atoms with Crippen molar-refractivity contribution in [3.05, 3.63) is 102 Å².